The molecule has 0 atom stereocenters. The van der Waals surface area contributed by atoms with Crippen LogP contribution in [0.5, 0.6) is 0 Å². The Kier molecular flexibility index (Phi) is 6.00. The van der Waals surface area contributed by atoms with Crippen LogP contribution in [0.15, 0.2) is 53.4 Å². The van der Waals surface area contributed by atoms with Gasteiger partial charge in [-0.3, -0.25) is 0 Å². The first-order valence-corrected chi connectivity index (χ1v) is 9.21. The van der Waals surface area contributed by atoms with E-state index in [2.05, 4.69) is 0 Å². The monoisotopic (exact) mass is 338 g/mol. The standard InChI is InChI=1S/C17H19ClO3S/c18-16-7-9-17(10-8-16)22(20,21)13-1-2-14-3-5-15(6-4-14)11-12-19/h3-10,19H,1-2,11-13H2. The lowest BCUT2D eigenvalue weighted by molar-refractivity contribution is 0.299. The summed E-state index contributed by atoms with van der Waals surface area (Å²) in [5.41, 5.74) is 2.19. The number of benzene rings is 2. The number of rotatable bonds is 7. The van der Waals surface area contributed by atoms with Crippen LogP contribution >= 0.6 is 11.6 Å². The van der Waals surface area contributed by atoms with E-state index in [0.29, 0.717) is 29.2 Å². The van der Waals surface area contributed by atoms with Gasteiger partial charge >= 0.3 is 0 Å². The number of aryl methyl sites for hydroxylation is 1. The van der Waals surface area contributed by atoms with Crippen LogP contribution in [-0.4, -0.2) is 25.9 Å². The molecule has 0 aliphatic rings. The molecule has 22 heavy (non-hydrogen) atoms. The van der Waals surface area contributed by atoms with E-state index in [4.69, 9.17) is 16.7 Å². The lowest BCUT2D eigenvalue weighted by atomic mass is 10.1. The van der Waals surface area contributed by atoms with Gasteiger partial charge in [-0.15, -0.1) is 0 Å². The minimum atomic E-state index is -3.26. The predicted octanol–water partition coefficient (Wildman–Crippen LogP) is 3.28. The zero-order chi connectivity index (χ0) is 16.0. The van der Waals surface area contributed by atoms with E-state index in [1.807, 2.05) is 24.3 Å². The van der Waals surface area contributed by atoms with Gasteiger partial charge < -0.3 is 5.11 Å². The van der Waals surface area contributed by atoms with Crippen LogP contribution in [0, 0.1) is 0 Å². The maximum atomic E-state index is 12.2. The molecule has 0 spiro atoms. The van der Waals surface area contributed by atoms with E-state index in [-0.39, 0.29) is 12.4 Å². The number of aliphatic hydroxyl groups is 1. The van der Waals surface area contributed by atoms with Gasteiger partial charge in [0.15, 0.2) is 9.84 Å². The first kappa shape index (κ1) is 17.0. The summed E-state index contributed by atoms with van der Waals surface area (Å²) in [4.78, 5) is 0.315. The summed E-state index contributed by atoms with van der Waals surface area (Å²) in [5.74, 6) is 0.118. The molecule has 0 unspecified atom stereocenters. The topological polar surface area (TPSA) is 54.4 Å². The number of sulfone groups is 1. The van der Waals surface area contributed by atoms with Crippen LogP contribution in [0.4, 0.5) is 0 Å². The molecule has 0 heterocycles. The number of hydrogen-bond donors (Lipinski definition) is 1. The fraction of sp³-hybridized carbons (Fsp3) is 0.294. The fourth-order valence-electron chi connectivity index (χ4n) is 2.23. The molecule has 0 radical (unpaired) electrons. The fourth-order valence-corrected chi connectivity index (χ4v) is 3.66. The SMILES string of the molecule is O=S(=O)(CCCc1ccc(CCO)cc1)c1ccc(Cl)cc1. The van der Waals surface area contributed by atoms with Gasteiger partial charge in [0, 0.05) is 11.6 Å². The van der Waals surface area contributed by atoms with E-state index < -0.39 is 9.84 Å². The molecule has 0 bridgehead atoms. The van der Waals surface area contributed by atoms with Gasteiger partial charge in [-0.1, -0.05) is 35.9 Å². The molecule has 0 saturated carbocycles. The summed E-state index contributed by atoms with van der Waals surface area (Å²) in [6.45, 7) is 0.138. The van der Waals surface area contributed by atoms with Gasteiger partial charge in [-0.2, -0.15) is 0 Å². The van der Waals surface area contributed by atoms with Crippen molar-refractivity contribution in [3.05, 3.63) is 64.7 Å². The second kappa shape index (κ2) is 7.77. The zero-order valence-electron chi connectivity index (χ0n) is 12.2. The average molecular weight is 339 g/mol. The quantitative estimate of drug-likeness (QED) is 0.843. The molecule has 118 valence electrons. The van der Waals surface area contributed by atoms with Crippen molar-refractivity contribution in [2.45, 2.75) is 24.2 Å². The van der Waals surface area contributed by atoms with Gasteiger partial charge in [0.1, 0.15) is 0 Å². The summed E-state index contributed by atoms with van der Waals surface area (Å²) in [6, 6.07) is 14.2. The zero-order valence-corrected chi connectivity index (χ0v) is 13.8. The second-order valence-electron chi connectivity index (χ2n) is 5.17. The summed E-state index contributed by atoms with van der Waals surface area (Å²) >= 11 is 5.77. The Morgan fingerprint density at radius 3 is 1.95 bits per heavy atom. The molecule has 0 aromatic heterocycles. The van der Waals surface area contributed by atoms with Crippen LogP contribution in [0.3, 0.4) is 0 Å². The van der Waals surface area contributed by atoms with Crippen molar-refractivity contribution in [3.8, 4) is 0 Å². The van der Waals surface area contributed by atoms with Crippen molar-refractivity contribution in [1.82, 2.24) is 0 Å². The highest BCUT2D eigenvalue weighted by molar-refractivity contribution is 7.91. The first-order chi connectivity index (χ1) is 10.5. The second-order valence-corrected chi connectivity index (χ2v) is 7.71. The third-order valence-corrected chi connectivity index (χ3v) is 5.54. The maximum absolute atomic E-state index is 12.2. The highest BCUT2D eigenvalue weighted by atomic mass is 35.5. The van der Waals surface area contributed by atoms with Crippen LogP contribution in [0.25, 0.3) is 0 Å². The van der Waals surface area contributed by atoms with Crippen LogP contribution in [0.2, 0.25) is 5.02 Å². The van der Waals surface area contributed by atoms with Gasteiger partial charge in [0.05, 0.1) is 10.6 Å². The molecular formula is C17H19ClO3S. The molecule has 2 aromatic rings. The van der Waals surface area contributed by atoms with Crippen molar-refractivity contribution in [3.63, 3.8) is 0 Å². The maximum Gasteiger partial charge on any atom is 0.178 e. The third-order valence-electron chi connectivity index (χ3n) is 3.47. The molecule has 0 aliphatic heterocycles. The number of aliphatic hydroxyl groups excluding tert-OH is 1. The summed E-state index contributed by atoms with van der Waals surface area (Å²) in [6.07, 6.45) is 1.93. The van der Waals surface area contributed by atoms with E-state index >= 15 is 0 Å². The lowest BCUT2D eigenvalue weighted by Crippen LogP contribution is -2.07. The van der Waals surface area contributed by atoms with E-state index in [1.54, 1.807) is 24.3 Å². The number of hydrogen-bond acceptors (Lipinski definition) is 3. The molecule has 2 aromatic carbocycles. The highest BCUT2D eigenvalue weighted by Gasteiger charge is 2.13. The highest BCUT2D eigenvalue weighted by Crippen LogP contribution is 2.17. The van der Waals surface area contributed by atoms with Crippen molar-refractivity contribution in [2.75, 3.05) is 12.4 Å². The Labute approximate surface area is 136 Å². The van der Waals surface area contributed by atoms with Gasteiger partial charge in [0.2, 0.25) is 0 Å². The van der Waals surface area contributed by atoms with Gasteiger partial charge in [0.25, 0.3) is 0 Å². The van der Waals surface area contributed by atoms with Gasteiger partial charge in [-0.05, 0) is 54.7 Å². The smallest absolute Gasteiger partial charge is 0.178 e. The normalized spacial score (nSPS) is 11.5. The van der Waals surface area contributed by atoms with E-state index in [9.17, 15) is 8.42 Å². The largest absolute Gasteiger partial charge is 0.396 e. The van der Waals surface area contributed by atoms with Crippen LogP contribution in [-0.2, 0) is 22.7 Å². The van der Waals surface area contributed by atoms with Crippen LogP contribution in [0.1, 0.15) is 17.5 Å². The van der Waals surface area contributed by atoms with Crippen molar-refractivity contribution in [1.29, 1.82) is 0 Å². The molecule has 3 nitrogen and oxygen atoms in total. The Morgan fingerprint density at radius 2 is 1.41 bits per heavy atom. The minimum absolute atomic E-state index is 0.118. The first-order valence-electron chi connectivity index (χ1n) is 7.18. The Balaban J connectivity index is 1.91. The predicted molar refractivity (Wildman–Crippen MR) is 89.1 cm³/mol. The molecule has 2 rings (SSSR count). The van der Waals surface area contributed by atoms with Crippen LogP contribution < -0.4 is 0 Å². The number of halogens is 1. The Hall–Kier alpha value is -1.36. The molecule has 0 aliphatic carbocycles. The summed E-state index contributed by atoms with van der Waals surface area (Å²) in [7, 11) is -3.26. The molecule has 5 heteroatoms. The molecule has 1 N–H and O–H groups in total. The average Bonchev–Trinajstić information content (AvgIpc) is 2.50. The van der Waals surface area contributed by atoms with Crippen molar-refractivity contribution < 1.29 is 13.5 Å². The summed E-state index contributed by atoms with van der Waals surface area (Å²) < 4.78 is 24.4. The Morgan fingerprint density at radius 1 is 0.864 bits per heavy atom. The molecule has 0 saturated heterocycles. The third kappa shape index (κ3) is 4.83. The molecule has 0 amide bonds. The minimum Gasteiger partial charge on any atom is -0.396 e. The summed E-state index contributed by atoms with van der Waals surface area (Å²) in [5, 5.41) is 9.40. The van der Waals surface area contributed by atoms with Crippen molar-refractivity contribution >= 4 is 21.4 Å². The van der Waals surface area contributed by atoms with E-state index in [0.717, 1.165) is 11.1 Å². The van der Waals surface area contributed by atoms with E-state index in [1.165, 1.54) is 0 Å². The molecular weight excluding hydrogens is 320 g/mol. The Bertz CT molecular complexity index is 692. The lowest BCUT2D eigenvalue weighted by Gasteiger charge is -2.06. The van der Waals surface area contributed by atoms with Crippen molar-refractivity contribution in [2.24, 2.45) is 0 Å². The molecule has 0 fully saturated rings. The van der Waals surface area contributed by atoms with Gasteiger partial charge in [-0.25, -0.2) is 8.42 Å².